The Bertz CT molecular complexity index is 1010. The van der Waals surface area contributed by atoms with Crippen molar-refractivity contribution in [2.75, 3.05) is 26.2 Å². The number of fused-ring (bicyclic) bond motifs is 1. The van der Waals surface area contributed by atoms with Gasteiger partial charge >= 0.3 is 0 Å². The minimum atomic E-state index is -0.324. The fraction of sp³-hybridized carbons (Fsp3) is 0.263. The minimum absolute atomic E-state index is 0.0184. The van der Waals surface area contributed by atoms with Gasteiger partial charge in [-0.1, -0.05) is 0 Å². The van der Waals surface area contributed by atoms with Gasteiger partial charge in [0.2, 0.25) is 5.91 Å². The third-order valence-corrected chi connectivity index (χ3v) is 4.72. The Hall–Kier alpha value is -3.29. The van der Waals surface area contributed by atoms with Crippen molar-refractivity contribution in [3.05, 3.63) is 54.4 Å². The average Bonchev–Trinajstić information content (AvgIpc) is 3.12. The quantitative estimate of drug-likeness (QED) is 0.693. The Kier molecular flexibility index (Phi) is 4.31. The highest BCUT2D eigenvalue weighted by Crippen LogP contribution is 2.22. The van der Waals surface area contributed by atoms with Crippen molar-refractivity contribution in [2.24, 2.45) is 0 Å². The van der Waals surface area contributed by atoms with E-state index in [2.05, 4.69) is 9.97 Å². The van der Waals surface area contributed by atoms with E-state index < -0.39 is 0 Å². The van der Waals surface area contributed by atoms with E-state index in [9.17, 15) is 14.0 Å². The zero-order chi connectivity index (χ0) is 19.0. The Balaban J connectivity index is 1.62. The smallest absolute Gasteiger partial charge is 0.274 e. The first kappa shape index (κ1) is 17.1. The summed E-state index contributed by atoms with van der Waals surface area (Å²) >= 11 is 0. The van der Waals surface area contributed by atoms with E-state index >= 15 is 0 Å². The van der Waals surface area contributed by atoms with E-state index in [4.69, 9.17) is 0 Å². The highest BCUT2D eigenvalue weighted by Gasteiger charge is 2.25. The van der Waals surface area contributed by atoms with Gasteiger partial charge in [-0.3, -0.25) is 14.6 Å². The number of hydrogen-bond donors (Lipinski definition) is 0. The van der Waals surface area contributed by atoms with Crippen LogP contribution < -0.4 is 0 Å². The van der Waals surface area contributed by atoms with Crippen LogP contribution in [0.3, 0.4) is 0 Å². The van der Waals surface area contributed by atoms with Crippen molar-refractivity contribution in [2.45, 2.75) is 6.92 Å². The number of halogens is 1. The van der Waals surface area contributed by atoms with Gasteiger partial charge in [0.25, 0.3) is 5.91 Å². The van der Waals surface area contributed by atoms with E-state index in [1.165, 1.54) is 19.1 Å². The van der Waals surface area contributed by atoms with Crippen molar-refractivity contribution in [1.82, 2.24) is 24.2 Å². The number of benzene rings is 1. The zero-order valence-electron chi connectivity index (χ0n) is 14.8. The molecule has 0 spiro atoms. The molecule has 0 saturated carbocycles. The number of piperazine rings is 1. The highest BCUT2D eigenvalue weighted by molar-refractivity contribution is 5.94. The molecular weight excluding hydrogens is 349 g/mol. The predicted octanol–water partition coefficient (Wildman–Crippen LogP) is 1.84. The zero-order valence-corrected chi connectivity index (χ0v) is 14.8. The maximum Gasteiger partial charge on any atom is 0.274 e. The molecule has 1 saturated heterocycles. The minimum Gasteiger partial charge on any atom is -0.339 e. The number of amides is 2. The Morgan fingerprint density at radius 2 is 1.70 bits per heavy atom. The lowest BCUT2D eigenvalue weighted by atomic mass is 10.1. The largest absolute Gasteiger partial charge is 0.339 e. The van der Waals surface area contributed by atoms with Gasteiger partial charge in [-0.25, -0.2) is 9.37 Å². The molecule has 2 amide bonds. The SMILES string of the molecule is CC(=O)N1CCN(C(=O)c2cn3ccnc(-c4ccc(F)cc4)c3n2)CC1. The number of carbonyl (C=O) groups excluding carboxylic acids is 2. The van der Waals surface area contributed by atoms with Gasteiger partial charge in [0.05, 0.1) is 0 Å². The summed E-state index contributed by atoms with van der Waals surface area (Å²) in [6, 6.07) is 6.00. The van der Waals surface area contributed by atoms with Gasteiger partial charge in [0.1, 0.15) is 17.2 Å². The molecule has 4 rings (SSSR count). The highest BCUT2D eigenvalue weighted by atomic mass is 19.1. The van der Waals surface area contributed by atoms with E-state index in [0.29, 0.717) is 43.2 Å². The molecule has 1 aromatic carbocycles. The topological polar surface area (TPSA) is 70.8 Å². The van der Waals surface area contributed by atoms with Crippen LogP contribution in [-0.4, -0.2) is 62.2 Å². The summed E-state index contributed by atoms with van der Waals surface area (Å²) in [6.45, 7) is 3.54. The molecule has 7 nitrogen and oxygen atoms in total. The summed E-state index contributed by atoms with van der Waals surface area (Å²) in [7, 11) is 0. The van der Waals surface area contributed by atoms with Crippen molar-refractivity contribution in [3.63, 3.8) is 0 Å². The van der Waals surface area contributed by atoms with Crippen LogP contribution in [0, 0.1) is 5.82 Å². The van der Waals surface area contributed by atoms with Gasteiger partial charge in [0.15, 0.2) is 5.65 Å². The van der Waals surface area contributed by atoms with Crippen molar-refractivity contribution in [3.8, 4) is 11.3 Å². The Labute approximate surface area is 155 Å². The van der Waals surface area contributed by atoms with Gasteiger partial charge in [0, 0.05) is 57.3 Å². The summed E-state index contributed by atoms with van der Waals surface area (Å²) in [4.78, 5) is 36.5. The number of rotatable bonds is 2. The first-order chi connectivity index (χ1) is 13.0. The normalized spacial score (nSPS) is 14.6. The molecule has 0 aliphatic carbocycles. The average molecular weight is 367 g/mol. The molecule has 0 N–H and O–H groups in total. The maximum absolute atomic E-state index is 13.2. The van der Waals surface area contributed by atoms with Crippen LogP contribution in [0.1, 0.15) is 17.4 Å². The molecule has 1 aliphatic rings. The molecule has 138 valence electrons. The van der Waals surface area contributed by atoms with Crippen molar-refractivity contribution >= 4 is 17.5 Å². The van der Waals surface area contributed by atoms with Crippen LogP contribution in [0.5, 0.6) is 0 Å². The summed E-state index contributed by atoms with van der Waals surface area (Å²) in [6.07, 6.45) is 5.01. The van der Waals surface area contributed by atoms with Crippen molar-refractivity contribution in [1.29, 1.82) is 0 Å². The summed E-state index contributed by atoms with van der Waals surface area (Å²) in [5, 5.41) is 0. The fourth-order valence-corrected chi connectivity index (χ4v) is 3.22. The molecular formula is C19H18FN5O2. The van der Waals surface area contributed by atoms with Crippen LogP contribution in [-0.2, 0) is 4.79 Å². The second-order valence-corrected chi connectivity index (χ2v) is 6.44. The Morgan fingerprint density at radius 3 is 2.37 bits per heavy atom. The molecule has 0 atom stereocenters. The number of aromatic nitrogens is 3. The number of carbonyl (C=O) groups is 2. The molecule has 3 heterocycles. The second-order valence-electron chi connectivity index (χ2n) is 6.44. The summed E-state index contributed by atoms with van der Waals surface area (Å²) in [5.74, 6) is -0.480. The van der Waals surface area contributed by atoms with Crippen LogP contribution in [0.4, 0.5) is 4.39 Å². The first-order valence-corrected chi connectivity index (χ1v) is 8.67. The van der Waals surface area contributed by atoms with Gasteiger partial charge < -0.3 is 14.2 Å². The van der Waals surface area contributed by atoms with Crippen LogP contribution in [0.15, 0.2) is 42.9 Å². The van der Waals surface area contributed by atoms with E-state index in [1.54, 1.807) is 44.9 Å². The lowest BCUT2D eigenvalue weighted by Gasteiger charge is -2.33. The summed E-state index contributed by atoms with van der Waals surface area (Å²) in [5.41, 5.74) is 2.16. The number of nitrogens with zero attached hydrogens (tertiary/aromatic N) is 5. The molecule has 1 fully saturated rings. The maximum atomic E-state index is 13.2. The molecule has 0 unspecified atom stereocenters. The number of imidazole rings is 1. The molecule has 3 aromatic rings. The molecule has 27 heavy (non-hydrogen) atoms. The Morgan fingerprint density at radius 1 is 1.04 bits per heavy atom. The van der Waals surface area contributed by atoms with Crippen LogP contribution >= 0.6 is 0 Å². The molecule has 8 heteroatoms. The molecule has 0 bridgehead atoms. The van der Waals surface area contributed by atoms with E-state index in [0.717, 1.165) is 5.56 Å². The summed E-state index contributed by atoms with van der Waals surface area (Å²) < 4.78 is 14.9. The third-order valence-electron chi connectivity index (χ3n) is 4.72. The molecule has 2 aromatic heterocycles. The van der Waals surface area contributed by atoms with Crippen LogP contribution in [0.25, 0.3) is 16.9 Å². The van der Waals surface area contributed by atoms with Crippen LogP contribution in [0.2, 0.25) is 0 Å². The monoisotopic (exact) mass is 367 g/mol. The fourth-order valence-electron chi connectivity index (χ4n) is 3.22. The molecule has 1 aliphatic heterocycles. The van der Waals surface area contributed by atoms with E-state index in [-0.39, 0.29) is 17.6 Å². The first-order valence-electron chi connectivity index (χ1n) is 8.67. The number of hydrogen-bond acceptors (Lipinski definition) is 4. The third kappa shape index (κ3) is 3.25. The lowest BCUT2D eigenvalue weighted by molar-refractivity contribution is -0.130. The lowest BCUT2D eigenvalue weighted by Crippen LogP contribution is -2.50. The van der Waals surface area contributed by atoms with Gasteiger partial charge in [-0.15, -0.1) is 0 Å². The standard InChI is InChI=1S/C19H18FN5O2/c1-13(26)23-8-10-24(11-9-23)19(27)16-12-25-7-6-21-17(18(25)22-16)14-2-4-15(20)5-3-14/h2-7,12H,8-11H2,1H3. The van der Waals surface area contributed by atoms with Crippen molar-refractivity contribution < 1.29 is 14.0 Å². The second kappa shape index (κ2) is 6.79. The molecule has 0 radical (unpaired) electrons. The van der Waals surface area contributed by atoms with Gasteiger partial charge in [-0.05, 0) is 24.3 Å². The van der Waals surface area contributed by atoms with E-state index in [1.807, 2.05) is 0 Å². The predicted molar refractivity (Wildman–Crippen MR) is 96.5 cm³/mol. The van der Waals surface area contributed by atoms with Gasteiger partial charge in [-0.2, -0.15) is 0 Å².